The molecule has 4 aliphatic carbocycles. The van der Waals surface area contributed by atoms with Crippen LogP contribution in [-0.4, -0.2) is 17.9 Å². The predicted octanol–water partition coefficient (Wildman–Crippen LogP) is 5.62. The summed E-state index contributed by atoms with van der Waals surface area (Å²) in [6.07, 6.45) is 13.4. The minimum absolute atomic E-state index is 0.0115. The first kappa shape index (κ1) is 19.2. The van der Waals surface area contributed by atoms with Crippen molar-refractivity contribution in [2.24, 2.45) is 28.6 Å². The van der Waals surface area contributed by atoms with Gasteiger partial charge in [0.2, 0.25) is 0 Å². The van der Waals surface area contributed by atoms with Gasteiger partial charge < -0.3 is 4.74 Å². The number of ketones is 1. The highest BCUT2D eigenvalue weighted by molar-refractivity contribution is 5.91. The standard InChI is InChI=1S/C24H36O3/c1-4-5-6-22(26)27-21-10-9-19-18-8-7-16-15-17(25)11-13-23(16,2)20(18)12-14-24(19,21)3/h15,18-21H,4-14H2,1-3H3/t18-,19-,20-,21+,23-,24-/m0/s1. The number of fused-ring (bicyclic) bond motifs is 5. The van der Waals surface area contributed by atoms with E-state index in [1.54, 1.807) is 0 Å². The minimum atomic E-state index is 0.0115. The van der Waals surface area contributed by atoms with E-state index in [-0.39, 0.29) is 22.9 Å². The summed E-state index contributed by atoms with van der Waals surface area (Å²) in [6, 6.07) is 0. The van der Waals surface area contributed by atoms with Gasteiger partial charge in [0.15, 0.2) is 5.78 Å². The summed E-state index contributed by atoms with van der Waals surface area (Å²) < 4.78 is 6.02. The van der Waals surface area contributed by atoms with Gasteiger partial charge in [0.05, 0.1) is 0 Å². The molecule has 0 heterocycles. The number of ether oxygens (including phenoxy) is 1. The lowest BCUT2D eigenvalue weighted by atomic mass is 9.47. The highest BCUT2D eigenvalue weighted by atomic mass is 16.5. The summed E-state index contributed by atoms with van der Waals surface area (Å²) in [7, 11) is 0. The Balaban J connectivity index is 1.51. The molecule has 0 saturated heterocycles. The van der Waals surface area contributed by atoms with Gasteiger partial charge in [0.1, 0.15) is 6.10 Å². The molecule has 3 heteroatoms. The second kappa shape index (κ2) is 7.04. The van der Waals surface area contributed by atoms with Crippen molar-refractivity contribution >= 4 is 11.8 Å². The molecular formula is C24H36O3. The first-order valence-electron chi connectivity index (χ1n) is 11.3. The molecule has 0 aliphatic heterocycles. The summed E-state index contributed by atoms with van der Waals surface area (Å²) in [5.74, 6) is 2.46. The summed E-state index contributed by atoms with van der Waals surface area (Å²) >= 11 is 0. The first-order chi connectivity index (χ1) is 12.9. The van der Waals surface area contributed by atoms with E-state index in [1.807, 2.05) is 6.08 Å². The van der Waals surface area contributed by atoms with E-state index in [4.69, 9.17) is 4.74 Å². The Bertz CT molecular complexity index is 650. The second-order valence-corrected chi connectivity index (χ2v) is 10.2. The molecule has 0 bridgehead atoms. The van der Waals surface area contributed by atoms with Crippen LogP contribution in [0.15, 0.2) is 11.6 Å². The van der Waals surface area contributed by atoms with E-state index < -0.39 is 0 Å². The van der Waals surface area contributed by atoms with E-state index in [0.717, 1.165) is 44.4 Å². The Hall–Kier alpha value is -1.12. The monoisotopic (exact) mass is 372 g/mol. The van der Waals surface area contributed by atoms with Crippen LogP contribution >= 0.6 is 0 Å². The zero-order valence-electron chi connectivity index (χ0n) is 17.4. The third-order valence-corrected chi connectivity index (χ3v) is 8.88. The topological polar surface area (TPSA) is 43.4 Å². The lowest BCUT2D eigenvalue weighted by molar-refractivity contribution is -0.160. The van der Waals surface area contributed by atoms with Crippen LogP contribution in [0.2, 0.25) is 0 Å². The highest BCUT2D eigenvalue weighted by Crippen LogP contribution is 2.65. The van der Waals surface area contributed by atoms with Gasteiger partial charge in [0, 0.05) is 18.3 Å². The molecule has 27 heavy (non-hydrogen) atoms. The normalized spacial score (nSPS) is 43.4. The maximum absolute atomic E-state index is 12.3. The van der Waals surface area contributed by atoms with Crippen molar-refractivity contribution in [1.82, 2.24) is 0 Å². The van der Waals surface area contributed by atoms with Crippen molar-refractivity contribution in [3.05, 3.63) is 11.6 Å². The molecule has 4 aliphatic rings. The maximum Gasteiger partial charge on any atom is 0.306 e. The summed E-state index contributed by atoms with van der Waals surface area (Å²) in [6.45, 7) is 6.95. The number of rotatable bonds is 4. The average Bonchev–Trinajstić information content (AvgIpc) is 2.97. The molecule has 4 rings (SSSR count). The average molecular weight is 373 g/mol. The summed E-state index contributed by atoms with van der Waals surface area (Å²) in [4.78, 5) is 24.2. The van der Waals surface area contributed by atoms with Crippen LogP contribution in [0, 0.1) is 28.6 Å². The number of carbonyl (C=O) groups is 2. The molecule has 0 aromatic rings. The third-order valence-electron chi connectivity index (χ3n) is 8.88. The van der Waals surface area contributed by atoms with Crippen LogP contribution in [0.3, 0.4) is 0 Å². The zero-order chi connectivity index (χ0) is 19.2. The van der Waals surface area contributed by atoms with Crippen molar-refractivity contribution in [1.29, 1.82) is 0 Å². The van der Waals surface area contributed by atoms with E-state index in [0.29, 0.717) is 24.0 Å². The fourth-order valence-electron chi connectivity index (χ4n) is 7.24. The van der Waals surface area contributed by atoms with Gasteiger partial charge in [-0.2, -0.15) is 0 Å². The van der Waals surface area contributed by atoms with Crippen LogP contribution in [-0.2, 0) is 14.3 Å². The number of unbranched alkanes of at least 4 members (excludes halogenated alkanes) is 1. The zero-order valence-corrected chi connectivity index (χ0v) is 17.4. The van der Waals surface area contributed by atoms with Crippen molar-refractivity contribution in [3.8, 4) is 0 Å². The van der Waals surface area contributed by atoms with Gasteiger partial charge in [-0.3, -0.25) is 9.59 Å². The Kier molecular flexibility index (Phi) is 5.01. The second-order valence-electron chi connectivity index (χ2n) is 10.2. The van der Waals surface area contributed by atoms with Crippen molar-refractivity contribution in [3.63, 3.8) is 0 Å². The summed E-state index contributed by atoms with van der Waals surface area (Å²) in [5.41, 5.74) is 1.82. The predicted molar refractivity (Wildman–Crippen MR) is 106 cm³/mol. The van der Waals surface area contributed by atoms with Crippen LogP contribution in [0.1, 0.15) is 91.4 Å². The maximum atomic E-state index is 12.3. The van der Waals surface area contributed by atoms with Crippen LogP contribution in [0.5, 0.6) is 0 Å². The molecule has 0 aromatic heterocycles. The van der Waals surface area contributed by atoms with Crippen LogP contribution < -0.4 is 0 Å². The van der Waals surface area contributed by atoms with Crippen LogP contribution in [0.4, 0.5) is 0 Å². The van der Waals surface area contributed by atoms with E-state index in [1.165, 1.54) is 31.3 Å². The number of carbonyl (C=O) groups excluding carboxylic acids is 2. The molecule has 0 radical (unpaired) electrons. The largest absolute Gasteiger partial charge is 0.462 e. The molecule has 3 saturated carbocycles. The van der Waals surface area contributed by atoms with E-state index >= 15 is 0 Å². The fourth-order valence-corrected chi connectivity index (χ4v) is 7.24. The minimum Gasteiger partial charge on any atom is -0.462 e. The van der Waals surface area contributed by atoms with Crippen molar-refractivity contribution < 1.29 is 14.3 Å². The molecule has 0 spiro atoms. The quantitative estimate of drug-likeness (QED) is 0.602. The Labute approximate surface area is 164 Å². The molecule has 3 fully saturated rings. The fraction of sp³-hybridized carbons (Fsp3) is 0.833. The molecule has 0 aromatic carbocycles. The van der Waals surface area contributed by atoms with Gasteiger partial charge >= 0.3 is 5.97 Å². The van der Waals surface area contributed by atoms with Crippen molar-refractivity contribution in [2.75, 3.05) is 0 Å². The smallest absolute Gasteiger partial charge is 0.306 e. The van der Waals surface area contributed by atoms with E-state index in [2.05, 4.69) is 20.8 Å². The van der Waals surface area contributed by atoms with Gasteiger partial charge in [-0.1, -0.05) is 32.8 Å². The van der Waals surface area contributed by atoms with Gasteiger partial charge in [-0.05, 0) is 80.6 Å². The molecule has 0 amide bonds. The molecule has 6 atom stereocenters. The lowest BCUT2D eigenvalue weighted by Gasteiger charge is -2.57. The molecule has 0 N–H and O–H groups in total. The Morgan fingerprint density at radius 1 is 1.11 bits per heavy atom. The van der Waals surface area contributed by atoms with Gasteiger partial charge in [-0.15, -0.1) is 0 Å². The SMILES string of the molecule is CCCCC(=O)O[C@@H]1CC[C@H]2[C@@H]3CCC4=CC(=O)CC[C@]4(C)[C@H]3CC[C@]12C. The molecule has 3 nitrogen and oxygen atoms in total. The highest BCUT2D eigenvalue weighted by Gasteiger charge is 2.59. The number of hydrogen-bond donors (Lipinski definition) is 0. The van der Waals surface area contributed by atoms with E-state index in [9.17, 15) is 9.59 Å². The number of hydrogen-bond acceptors (Lipinski definition) is 3. The third kappa shape index (κ3) is 3.09. The first-order valence-corrected chi connectivity index (χ1v) is 11.3. The lowest BCUT2D eigenvalue weighted by Crippen LogP contribution is -2.51. The molecule has 0 unspecified atom stereocenters. The van der Waals surface area contributed by atoms with Gasteiger partial charge in [0.25, 0.3) is 0 Å². The summed E-state index contributed by atoms with van der Waals surface area (Å²) in [5, 5.41) is 0. The van der Waals surface area contributed by atoms with Gasteiger partial charge in [-0.25, -0.2) is 0 Å². The Morgan fingerprint density at radius 3 is 2.70 bits per heavy atom. The molecule has 150 valence electrons. The number of allylic oxidation sites excluding steroid dienone is 1. The van der Waals surface area contributed by atoms with Crippen LogP contribution in [0.25, 0.3) is 0 Å². The molecular weight excluding hydrogens is 336 g/mol. The Morgan fingerprint density at radius 2 is 1.93 bits per heavy atom. The van der Waals surface area contributed by atoms with Crippen molar-refractivity contribution in [2.45, 2.75) is 97.5 Å². The number of esters is 1.